The maximum atomic E-state index is 10.8. The lowest BCUT2D eigenvalue weighted by atomic mass is 9.92. The Balaban J connectivity index is 2.30. The molecular weight excluding hydrogens is 312 g/mol. The average Bonchev–Trinajstić information content (AvgIpc) is 2.58. The molecule has 0 saturated heterocycles. The number of hydrogen-bond donors (Lipinski definition) is 2. The number of benzene rings is 1. The number of hydrogen-bond acceptors (Lipinski definition) is 2. The molecule has 1 aromatic carbocycles. The number of allylic oxidation sites excluding steroid dienone is 1. The van der Waals surface area contributed by atoms with E-state index in [1.165, 1.54) is 57.4 Å². The SMILES string of the molecule is CCCCCCCCCCC[C@H](C=CC(=O)O)Cc1cccc(O)c1. The molecule has 0 aliphatic rings. The van der Waals surface area contributed by atoms with Gasteiger partial charge in [-0.2, -0.15) is 0 Å². The second-order valence-electron chi connectivity index (χ2n) is 6.95. The van der Waals surface area contributed by atoms with Crippen molar-refractivity contribution in [3.63, 3.8) is 0 Å². The molecule has 3 nitrogen and oxygen atoms in total. The van der Waals surface area contributed by atoms with E-state index in [0.29, 0.717) is 0 Å². The molecule has 0 radical (unpaired) electrons. The Morgan fingerprint density at radius 3 is 2.28 bits per heavy atom. The van der Waals surface area contributed by atoms with Crippen LogP contribution in [0, 0.1) is 5.92 Å². The predicted molar refractivity (Wildman–Crippen MR) is 104 cm³/mol. The second kappa shape index (κ2) is 13.5. The topological polar surface area (TPSA) is 57.5 Å². The summed E-state index contributed by atoms with van der Waals surface area (Å²) in [5.41, 5.74) is 1.05. The van der Waals surface area contributed by atoms with Crippen molar-refractivity contribution < 1.29 is 15.0 Å². The van der Waals surface area contributed by atoms with Gasteiger partial charge in [-0.1, -0.05) is 82.9 Å². The molecule has 1 aromatic rings. The molecule has 0 spiro atoms. The Morgan fingerprint density at radius 1 is 1.04 bits per heavy atom. The van der Waals surface area contributed by atoms with Crippen molar-refractivity contribution in [2.75, 3.05) is 0 Å². The molecule has 0 aromatic heterocycles. The molecule has 2 N–H and O–H groups in total. The van der Waals surface area contributed by atoms with Crippen LogP contribution in [0.4, 0.5) is 0 Å². The molecule has 0 fully saturated rings. The first-order valence-corrected chi connectivity index (χ1v) is 9.81. The van der Waals surface area contributed by atoms with Gasteiger partial charge < -0.3 is 10.2 Å². The van der Waals surface area contributed by atoms with Gasteiger partial charge in [-0.05, 0) is 36.5 Å². The summed E-state index contributed by atoms with van der Waals surface area (Å²) in [7, 11) is 0. The number of carboxylic acids is 1. The molecule has 0 bridgehead atoms. The van der Waals surface area contributed by atoms with Crippen LogP contribution in [-0.4, -0.2) is 16.2 Å². The third kappa shape index (κ3) is 11.4. The molecule has 0 aliphatic heterocycles. The number of phenols is 1. The fourth-order valence-electron chi connectivity index (χ4n) is 3.19. The van der Waals surface area contributed by atoms with E-state index < -0.39 is 5.97 Å². The Bertz CT molecular complexity index is 508. The highest BCUT2D eigenvalue weighted by Gasteiger charge is 2.08. The average molecular weight is 347 g/mol. The van der Waals surface area contributed by atoms with Crippen molar-refractivity contribution in [3.05, 3.63) is 42.0 Å². The minimum Gasteiger partial charge on any atom is -0.508 e. The van der Waals surface area contributed by atoms with Crippen LogP contribution in [0.2, 0.25) is 0 Å². The Labute approximate surface area is 152 Å². The van der Waals surface area contributed by atoms with Crippen LogP contribution in [0.15, 0.2) is 36.4 Å². The Kier molecular flexibility index (Phi) is 11.5. The van der Waals surface area contributed by atoms with Crippen LogP contribution in [0.25, 0.3) is 0 Å². The number of unbranched alkanes of at least 4 members (excludes halogenated alkanes) is 8. The largest absolute Gasteiger partial charge is 0.508 e. The minimum absolute atomic E-state index is 0.211. The van der Waals surface area contributed by atoms with E-state index in [1.807, 2.05) is 12.1 Å². The maximum absolute atomic E-state index is 10.8. The van der Waals surface area contributed by atoms with Gasteiger partial charge in [0, 0.05) is 6.08 Å². The van der Waals surface area contributed by atoms with Gasteiger partial charge >= 0.3 is 5.97 Å². The zero-order chi connectivity index (χ0) is 18.3. The third-order valence-corrected chi connectivity index (χ3v) is 4.60. The van der Waals surface area contributed by atoms with Crippen LogP contribution in [-0.2, 0) is 11.2 Å². The highest BCUT2D eigenvalue weighted by Crippen LogP contribution is 2.21. The first kappa shape index (κ1) is 21.3. The maximum Gasteiger partial charge on any atom is 0.327 e. The minimum atomic E-state index is -0.895. The number of aromatic hydroxyl groups is 1. The van der Waals surface area contributed by atoms with Crippen molar-refractivity contribution in [2.45, 2.75) is 77.6 Å². The lowest BCUT2D eigenvalue weighted by Crippen LogP contribution is -2.03. The van der Waals surface area contributed by atoms with Crippen LogP contribution in [0.3, 0.4) is 0 Å². The smallest absolute Gasteiger partial charge is 0.327 e. The predicted octanol–water partition coefficient (Wildman–Crippen LogP) is 6.11. The third-order valence-electron chi connectivity index (χ3n) is 4.60. The summed E-state index contributed by atoms with van der Waals surface area (Å²) in [5.74, 6) is -0.419. The normalized spacial score (nSPS) is 12.5. The molecule has 0 aliphatic carbocycles. The Morgan fingerprint density at radius 2 is 1.68 bits per heavy atom. The van der Waals surface area contributed by atoms with E-state index in [2.05, 4.69) is 6.92 Å². The highest BCUT2D eigenvalue weighted by atomic mass is 16.4. The van der Waals surface area contributed by atoms with Gasteiger partial charge in [-0.15, -0.1) is 0 Å². The zero-order valence-corrected chi connectivity index (χ0v) is 15.6. The summed E-state index contributed by atoms with van der Waals surface area (Å²) in [5, 5.41) is 18.5. The van der Waals surface area contributed by atoms with Crippen molar-refractivity contribution in [1.82, 2.24) is 0 Å². The van der Waals surface area contributed by atoms with E-state index in [4.69, 9.17) is 5.11 Å². The number of carbonyl (C=O) groups is 1. The van der Waals surface area contributed by atoms with Crippen LogP contribution >= 0.6 is 0 Å². The first-order chi connectivity index (χ1) is 12.1. The number of aliphatic carboxylic acids is 1. The van der Waals surface area contributed by atoms with Gasteiger partial charge in [0.1, 0.15) is 5.75 Å². The zero-order valence-electron chi connectivity index (χ0n) is 15.6. The van der Waals surface area contributed by atoms with Crippen LogP contribution in [0.1, 0.15) is 76.7 Å². The molecule has 1 rings (SSSR count). The van der Waals surface area contributed by atoms with Crippen molar-refractivity contribution in [3.8, 4) is 5.75 Å². The van der Waals surface area contributed by atoms with Gasteiger partial charge in [-0.3, -0.25) is 0 Å². The lowest BCUT2D eigenvalue weighted by Gasteiger charge is -2.13. The van der Waals surface area contributed by atoms with Gasteiger partial charge in [0.05, 0.1) is 0 Å². The molecule has 1 atom stereocenters. The van der Waals surface area contributed by atoms with E-state index in [1.54, 1.807) is 18.2 Å². The summed E-state index contributed by atoms with van der Waals surface area (Å²) >= 11 is 0. The summed E-state index contributed by atoms with van der Waals surface area (Å²) in [6.07, 6.45) is 16.5. The fraction of sp³-hybridized carbons (Fsp3) is 0.591. The fourth-order valence-corrected chi connectivity index (χ4v) is 3.19. The van der Waals surface area contributed by atoms with Gasteiger partial charge in [0.2, 0.25) is 0 Å². The monoisotopic (exact) mass is 346 g/mol. The number of rotatable bonds is 14. The molecule has 3 heteroatoms. The Hall–Kier alpha value is -1.77. The van der Waals surface area contributed by atoms with E-state index in [9.17, 15) is 9.90 Å². The van der Waals surface area contributed by atoms with E-state index in [-0.39, 0.29) is 11.7 Å². The van der Waals surface area contributed by atoms with Crippen LogP contribution in [0.5, 0.6) is 5.75 Å². The van der Waals surface area contributed by atoms with Gasteiger partial charge in [0.25, 0.3) is 0 Å². The highest BCUT2D eigenvalue weighted by molar-refractivity contribution is 5.79. The van der Waals surface area contributed by atoms with E-state index >= 15 is 0 Å². The summed E-state index contributed by atoms with van der Waals surface area (Å²) in [4.78, 5) is 10.8. The quantitative estimate of drug-likeness (QED) is 0.315. The molecular formula is C22H34O3. The van der Waals surface area contributed by atoms with Crippen LogP contribution < -0.4 is 0 Å². The van der Waals surface area contributed by atoms with Gasteiger partial charge in [-0.25, -0.2) is 4.79 Å². The molecule has 0 amide bonds. The summed E-state index contributed by atoms with van der Waals surface area (Å²) < 4.78 is 0. The second-order valence-corrected chi connectivity index (χ2v) is 6.95. The molecule has 0 saturated carbocycles. The number of carboxylic acid groups (broad SMARTS) is 1. The molecule has 0 unspecified atom stereocenters. The standard InChI is InChI=1S/C22H34O3/c1-2-3-4-5-6-7-8-9-10-12-19(15-16-22(24)25)17-20-13-11-14-21(23)18-20/h11,13-16,18-19,23H,2-10,12,17H2,1H3,(H,24,25)/t19-/m1/s1. The van der Waals surface area contributed by atoms with Crippen molar-refractivity contribution >= 4 is 5.97 Å². The first-order valence-electron chi connectivity index (χ1n) is 9.81. The van der Waals surface area contributed by atoms with Crippen molar-refractivity contribution in [1.29, 1.82) is 0 Å². The number of phenolic OH excluding ortho intramolecular Hbond substituents is 1. The molecule has 0 heterocycles. The van der Waals surface area contributed by atoms with Gasteiger partial charge in [0.15, 0.2) is 0 Å². The molecule has 25 heavy (non-hydrogen) atoms. The summed E-state index contributed by atoms with van der Waals surface area (Å²) in [6, 6.07) is 7.24. The summed E-state index contributed by atoms with van der Waals surface area (Å²) in [6.45, 7) is 2.24. The van der Waals surface area contributed by atoms with E-state index in [0.717, 1.165) is 24.8 Å². The molecule has 140 valence electrons. The van der Waals surface area contributed by atoms with Crippen molar-refractivity contribution in [2.24, 2.45) is 5.92 Å². The lowest BCUT2D eigenvalue weighted by molar-refractivity contribution is -0.131.